The molecule has 1 fully saturated rings. The Labute approximate surface area is 166 Å². The van der Waals surface area contributed by atoms with Crippen LogP contribution in [0.5, 0.6) is 0 Å². The summed E-state index contributed by atoms with van der Waals surface area (Å²) in [7, 11) is 0. The van der Waals surface area contributed by atoms with Crippen LogP contribution in [0.15, 0.2) is 61.2 Å². The summed E-state index contributed by atoms with van der Waals surface area (Å²) >= 11 is 5.82. The van der Waals surface area contributed by atoms with E-state index in [9.17, 15) is 18.8 Å². The topological polar surface area (TPSA) is 69.7 Å². The summed E-state index contributed by atoms with van der Waals surface area (Å²) in [4.78, 5) is 40.2. The molecule has 1 aliphatic rings. The van der Waals surface area contributed by atoms with Gasteiger partial charge in [0.05, 0.1) is 12.1 Å². The molecule has 0 saturated carbocycles. The third-order valence-corrected chi connectivity index (χ3v) is 4.49. The molecule has 0 radical (unpaired) electrons. The minimum absolute atomic E-state index is 0.0984. The number of nitrogens with zero attached hydrogens (tertiary/aromatic N) is 2. The summed E-state index contributed by atoms with van der Waals surface area (Å²) in [5.74, 6) is -1.46. The van der Waals surface area contributed by atoms with Crippen molar-refractivity contribution in [2.45, 2.75) is 12.5 Å². The third-order valence-electron chi connectivity index (χ3n) is 4.24. The van der Waals surface area contributed by atoms with E-state index in [1.165, 1.54) is 23.1 Å². The highest BCUT2D eigenvalue weighted by atomic mass is 35.5. The summed E-state index contributed by atoms with van der Waals surface area (Å²) in [5, 5.41) is 3.20. The van der Waals surface area contributed by atoms with E-state index in [0.29, 0.717) is 10.7 Å². The quantitative estimate of drug-likeness (QED) is 0.590. The fourth-order valence-corrected chi connectivity index (χ4v) is 3.05. The molecule has 144 valence electrons. The molecule has 1 saturated heterocycles. The summed E-state index contributed by atoms with van der Waals surface area (Å²) in [6, 6.07) is 9.96. The second-order valence-corrected chi connectivity index (χ2v) is 6.59. The second kappa shape index (κ2) is 8.22. The van der Waals surface area contributed by atoms with Gasteiger partial charge in [0.1, 0.15) is 11.9 Å². The second-order valence-electron chi connectivity index (χ2n) is 6.15. The predicted molar refractivity (Wildman–Crippen MR) is 105 cm³/mol. The molecule has 28 heavy (non-hydrogen) atoms. The van der Waals surface area contributed by atoms with Crippen LogP contribution < -0.4 is 10.2 Å². The lowest BCUT2D eigenvalue weighted by molar-refractivity contribution is -0.124. The molecule has 0 bridgehead atoms. The fourth-order valence-electron chi connectivity index (χ4n) is 2.93. The average molecular weight is 402 g/mol. The maximum atomic E-state index is 13.2. The van der Waals surface area contributed by atoms with E-state index in [-0.39, 0.29) is 18.7 Å². The average Bonchev–Trinajstić information content (AvgIpc) is 2.89. The van der Waals surface area contributed by atoms with Crippen molar-refractivity contribution in [3.05, 3.63) is 72.0 Å². The molecule has 0 aromatic heterocycles. The molecule has 4 amide bonds. The maximum absolute atomic E-state index is 13.2. The lowest BCUT2D eigenvalue weighted by Gasteiger charge is -2.19. The van der Waals surface area contributed by atoms with Crippen molar-refractivity contribution >= 4 is 40.8 Å². The first kappa shape index (κ1) is 19.6. The first-order chi connectivity index (χ1) is 13.4. The van der Waals surface area contributed by atoms with Gasteiger partial charge in [0.15, 0.2) is 0 Å². The van der Waals surface area contributed by atoms with Gasteiger partial charge in [0.2, 0.25) is 5.91 Å². The minimum atomic E-state index is -0.983. The van der Waals surface area contributed by atoms with Crippen molar-refractivity contribution in [1.82, 2.24) is 4.90 Å². The number of halogens is 2. The first-order valence-electron chi connectivity index (χ1n) is 8.47. The van der Waals surface area contributed by atoms with Gasteiger partial charge in [0.25, 0.3) is 5.91 Å². The third kappa shape index (κ3) is 4.04. The molecule has 1 N–H and O–H groups in total. The molecule has 3 rings (SSSR count). The Morgan fingerprint density at radius 2 is 1.79 bits per heavy atom. The van der Waals surface area contributed by atoms with Crippen molar-refractivity contribution in [2.24, 2.45) is 0 Å². The summed E-state index contributed by atoms with van der Waals surface area (Å²) < 4.78 is 13.2. The Morgan fingerprint density at radius 1 is 1.14 bits per heavy atom. The Hall–Kier alpha value is -3.19. The molecule has 8 heteroatoms. The largest absolute Gasteiger partial charge is 0.332 e. The molecular formula is C20H17ClFN3O3. The Bertz CT molecular complexity index is 915. The van der Waals surface area contributed by atoms with E-state index in [0.717, 1.165) is 17.0 Å². The van der Waals surface area contributed by atoms with Gasteiger partial charge in [-0.2, -0.15) is 0 Å². The van der Waals surface area contributed by atoms with Crippen molar-refractivity contribution in [2.75, 3.05) is 16.8 Å². The number of anilines is 2. The highest BCUT2D eigenvalue weighted by molar-refractivity contribution is 6.30. The molecule has 1 heterocycles. The van der Waals surface area contributed by atoms with Gasteiger partial charge in [-0.15, -0.1) is 6.58 Å². The van der Waals surface area contributed by atoms with Crippen molar-refractivity contribution in [3.8, 4) is 0 Å². The molecule has 0 unspecified atom stereocenters. The molecule has 1 aliphatic heterocycles. The van der Waals surface area contributed by atoms with Crippen LogP contribution in [0, 0.1) is 5.82 Å². The highest BCUT2D eigenvalue weighted by Gasteiger charge is 2.46. The van der Waals surface area contributed by atoms with Crippen LogP contribution in [0.3, 0.4) is 0 Å². The maximum Gasteiger partial charge on any atom is 0.332 e. The zero-order chi connectivity index (χ0) is 20.3. The zero-order valence-corrected chi connectivity index (χ0v) is 15.5. The SMILES string of the molecule is C=CCN1C(=O)N(c2ccc(F)cc2)C(=O)[C@H]1CC(=O)Nc1ccc(Cl)cc1. The monoisotopic (exact) mass is 401 g/mol. The number of carbonyl (C=O) groups is 3. The molecule has 0 spiro atoms. The smallest absolute Gasteiger partial charge is 0.326 e. The van der Waals surface area contributed by atoms with Crippen LogP contribution in [0.2, 0.25) is 5.02 Å². The highest BCUT2D eigenvalue weighted by Crippen LogP contribution is 2.27. The van der Waals surface area contributed by atoms with E-state index in [1.54, 1.807) is 24.3 Å². The van der Waals surface area contributed by atoms with Crippen molar-refractivity contribution < 1.29 is 18.8 Å². The van der Waals surface area contributed by atoms with Gasteiger partial charge in [0, 0.05) is 17.3 Å². The first-order valence-corrected chi connectivity index (χ1v) is 8.85. The number of amides is 4. The Morgan fingerprint density at radius 3 is 2.39 bits per heavy atom. The predicted octanol–water partition coefficient (Wildman–Crippen LogP) is 3.83. The van der Waals surface area contributed by atoms with E-state index in [1.807, 2.05) is 0 Å². The molecule has 0 aliphatic carbocycles. The lowest BCUT2D eigenvalue weighted by Crippen LogP contribution is -2.38. The molecular weight excluding hydrogens is 385 g/mol. The number of benzene rings is 2. The summed E-state index contributed by atoms with van der Waals surface area (Å²) in [6.45, 7) is 3.69. The summed E-state index contributed by atoms with van der Waals surface area (Å²) in [5.41, 5.74) is 0.767. The number of urea groups is 1. The van der Waals surface area contributed by atoms with Gasteiger partial charge in [-0.05, 0) is 48.5 Å². The Kier molecular flexibility index (Phi) is 5.75. The van der Waals surface area contributed by atoms with E-state index in [2.05, 4.69) is 11.9 Å². The van der Waals surface area contributed by atoms with Crippen LogP contribution in [0.1, 0.15) is 6.42 Å². The van der Waals surface area contributed by atoms with Gasteiger partial charge in [-0.3, -0.25) is 9.59 Å². The van der Waals surface area contributed by atoms with Crippen molar-refractivity contribution in [3.63, 3.8) is 0 Å². The van der Waals surface area contributed by atoms with E-state index >= 15 is 0 Å². The molecule has 2 aromatic rings. The number of carbonyl (C=O) groups excluding carboxylic acids is 3. The van der Waals surface area contributed by atoms with Gasteiger partial charge in [-0.1, -0.05) is 17.7 Å². The fraction of sp³-hybridized carbons (Fsp3) is 0.150. The van der Waals surface area contributed by atoms with Crippen molar-refractivity contribution in [1.29, 1.82) is 0 Å². The van der Waals surface area contributed by atoms with E-state index < -0.39 is 29.7 Å². The summed E-state index contributed by atoms with van der Waals surface area (Å²) in [6.07, 6.45) is 1.25. The van der Waals surface area contributed by atoms with Gasteiger partial charge in [-0.25, -0.2) is 14.1 Å². The van der Waals surface area contributed by atoms with E-state index in [4.69, 9.17) is 11.6 Å². The Balaban J connectivity index is 1.79. The molecule has 2 aromatic carbocycles. The van der Waals surface area contributed by atoms with Crippen LogP contribution in [0.4, 0.5) is 20.6 Å². The minimum Gasteiger partial charge on any atom is -0.326 e. The molecule has 1 atom stereocenters. The van der Waals surface area contributed by atoms with Crippen LogP contribution in [0.25, 0.3) is 0 Å². The number of hydrogen-bond acceptors (Lipinski definition) is 3. The zero-order valence-electron chi connectivity index (χ0n) is 14.8. The number of rotatable bonds is 6. The van der Waals surface area contributed by atoms with Gasteiger partial charge < -0.3 is 10.2 Å². The number of imide groups is 1. The van der Waals surface area contributed by atoms with Crippen LogP contribution in [-0.2, 0) is 9.59 Å². The van der Waals surface area contributed by atoms with Gasteiger partial charge >= 0.3 is 6.03 Å². The molecule has 6 nitrogen and oxygen atoms in total. The normalized spacial score (nSPS) is 16.4. The number of hydrogen-bond donors (Lipinski definition) is 1. The standard InChI is InChI=1S/C20H17ClFN3O3/c1-2-11-24-17(12-18(26)23-15-7-3-13(21)4-8-15)19(27)25(20(24)28)16-9-5-14(22)6-10-16/h2-10,17H,1,11-12H2,(H,23,26)/t17-/m1/s1. The lowest BCUT2D eigenvalue weighted by atomic mass is 10.1. The number of nitrogens with one attached hydrogen (secondary N) is 1. The van der Waals surface area contributed by atoms with Crippen LogP contribution in [-0.4, -0.2) is 35.3 Å². The van der Waals surface area contributed by atoms with Crippen LogP contribution >= 0.6 is 11.6 Å².